The number of alkyl halides is 3. The van der Waals surface area contributed by atoms with E-state index in [0.29, 0.717) is 35.9 Å². The predicted molar refractivity (Wildman–Crippen MR) is 118 cm³/mol. The van der Waals surface area contributed by atoms with E-state index < -0.39 is 22.2 Å². The molecule has 1 aliphatic heterocycles. The molecule has 0 amide bonds. The Balaban J connectivity index is 0.000000406. The number of carboxylic acids is 1. The molecule has 4 rings (SSSR count). The number of hydrogen-bond donors (Lipinski definition) is 1. The maximum Gasteiger partial charge on any atom is 0.490 e. The van der Waals surface area contributed by atoms with Crippen LogP contribution in [0.4, 0.5) is 13.2 Å². The van der Waals surface area contributed by atoms with Gasteiger partial charge in [0.25, 0.3) is 0 Å². The van der Waals surface area contributed by atoms with E-state index in [1.807, 2.05) is 31.2 Å². The lowest BCUT2D eigenvalue weighted by atomic mass is 9.77. The van der Waals surface area contributed by atoms with E-state index in [4.69, 9.17) is 14.3 Å². The fraction of sp³-hybridized carbons (Fsp3) is 0.522. The minimum atomic E-state index is -5.08. The lowest BCUT2D eigenvalue weighted by Gasteiger charge is -2.38. The van der Waals surface area contributed by atoms with Gasteiger partial charge in [0.2, 0.25) is 10.0 Å². The molecular formula is C23H29F3N2O5S. The highest BCUT2D eigenvalue weighted by molar-refractivity contribution is 7.89. The molecule has 0 radical (unpaired) electrons. The van der Waals surface area contributed by atoms with Gasteiger partial charge in [0.15, 0.2) is 0 Å². The first-order valence-electron chi connectivity index (χ1n) is 11.0. The Morgan fingerprint density at radius 3 is 2.50 bits per heavy atom. The monoisotopic (exact) mass is 502 g/mol. The molecular weight excluding hydrogens is 473 g/mol. The SMILES string of the molecule is Cc1cccc(S(=O)(=O)N2C[C@H]3CCCC(N(C)Cc4ccco4)[C@H]3C2)c1.O=C(O)C(F)(F)F. The molecule has 1 unspecified atom stereocenters. The van der Waals surface area contributed by atoms with Crippen LogP contribution in [0.3, 0.4) is 0 Å². The van der Waals surface area contributed by atoms with Crippen LogP contribution >= 0.6 is 0 Å². The molecule has 11 heteroatoms. The third-order valence-corrected chi connectivity index (χ3v) is 8.28. The Bertz CT molecular complexity index is 1070. The summed E-state index contributed by atoms with van der Waals surface area (Å²) in [6, 6.07) is 11.6. The molecule has 1 saturated heterocycles. The Morgan fingerprint density at radius 1 is 1.21 bits per heavy atom. The summed E-state index contributed by atoms with van der Waals surface area (Å²) < 4.78 is 65.3. The van der Waals surface area contributed by atoms with Crippen molar-refractivity contribution in [1.29, 1.82) is 0 Å². The molecule has 34 heavy (non-hydrogen) atoms. The standard InChI is InChI=1S/C21H28N2O3S.C2HF3O2/c1-16-6-3-9-19(12-16)27(24,25)23-13-17-7-4-10-21(20(17)15-23)22(2)14-18-8-5-11-26-18;3-2(4,5)1(6)7/h3,5-6,8-9,11-12,17,20-21H,4,7,10,13-15H2,1-2H3;(H,6,7)/t17-,20+,21?;/m1./s1. The minimum Gasteiger partial charge on any atom is -0.475 e. The largest absolute Gasteiger partial charge is 0.490 e. The highest BCUT2D eigenvalue weighted by atomic mass is 32.2. The predicted octanol–water partition coefficient (Wildman–Crippen LogP) is 4.14. The second-order valence-corrected chi connectivity index (χ2v) is 10.8. The maximum absolute atomic E-state index is 13.2. The van der Waals surface area contributed by atoms with E-state index in [1.165, 1.54) is 0 Å². The molecule has 7 nitrogen and oxygen atoms in total. The summed E-state index contributed by atoms with van der Waals surface area (Å²) in [7, 11) is -1.29. The molecule has 2 aromatic rings. The molecule has 2 heterocycles. The van der Waals surface area contributed by atoms with Crippen molar-refractivity contribution in [2.45, 2.75) is 49.8 Å². The molecule has 2 aliphatic rings. The highest BCUT2D eigenvalue weighted by Crippen LogP contribution is 2.40. The smallest absolute Gasteiger partial charge is 0.475 e. The number of fused-ring (bicyclic) bond motifs is 1. The molecule has 1 aliphatic carbocycles. The second-order valence-electron chi connectivity index (χ2n) is 8.86. The first-order valence-corrected chi connectivity index (χ1v) is 12.4. The first-order chi connectivity index (χ1) is 15.9. The molecule has 3 atom stereocenters. The van der Waals surface area contributed by atoms with Crippen LogP contribution in [0, 0.1) is 18.8 Å². The molecule has 0 spiro atoms. The molecule has 1 aromatic carbocycles. The van der Waals surface area contributed by atoms with E-state index >= 15 is 0 Å². The van der Waals surface area contributed by atoms with Crippen LogP contribution in [0.2, 0.25) is 0 Å². The fourth-order valence-corrected chi connectivity index (χ4v) is 6.47. The molecule has 1 aromatic heterocycles. The summed E-state index contributed by atoms with van der Waals surface area (Å²) >= 11 is 0. The van der Waals surface area contributed by atoms with Crippen molar-refractivity contribution < 1.29 is 35.9 Å². The Labute approximate surface area is 197 Å². The second kappa shape index (κ2) is 10.5. The highest BCUT2D eigenvalue weighted by Gasteiger charge is 2.45. The molecule has 1 saturated carbocycles. The third-order valence-electron chi connectivity index (χ3n) is 6.45. The lowest BCUT2D eigenvalue weighted by Crippen LogP contribution is -2.43. The number of aryl methyl sites for hydroxylation is 1. The number of hydrogen-bond acceptors (Lipinski definition) is 5. The average molecular weight is 503 g/mol. The fourth-order valence-electron chi connectivity index (χ4n) is 4.83. The topological polar surface area (TPSA) is 91.1 Å². The van der Waals surface area contributed by atoms with Gasteiger partial charge in [-0.05, 0) is 68.5 Å². The van der Waals surface area contributed by atoms with E-state index in [-0.39, 0.29) is 0 Å². The maximum atomic E-state index is 13.2. The van der Waals surface area contributed by atoms with Gasteiger partial charge in [-0.3, -0.25) is 4.90 Å². The number of halogens is 3. The van der Waals surface area contributed by atoms with Gasteiger partial charge in [0, 0.05) is 19.1 Å². The Hall–Kier alpha value is -2.37. The summed E-state index contributed by atoms with van der Waals surface area (Å²) in [5, 5.41) is 7.12. The summed E-state index contributed by atoms with van der Waals surface area (Å²) in [6.45, 7) is 3.97. The third kappa shape index (κ3) is 6.19. The zero-order valence-electron chi connectivity index (χ0n) is 19.0. The number of benzene rings is 1. The van der Waals surface area contributed by atoms with Crippen molar-refractivity contribution in [3.8, 4) is 0 Å². The first kappa shape index (κ1) is 26.2. The summed E-state index contributed by atoms with van der Waals surface area (Å²) in [5.74, 6) is -0.963. The van der Waals surface area contributed by atoms with Crippen LogP contribution in [0.5, 0.6) is 0 Å². The Kier molecular flexibility index (Phi) is 8.10. The summed E-state index contributed by atoms with van der Waals surface area (Å²) in [6.07, 6.45) is 0.0253. The van der Waals surface area contributed by atoms with Crippen LogP contribution in [0.1, 0.15) is 30.6 Å². The van der Waals surface area contributed by atoms with Crippen molar-refractivity contribution in [3.05, 3.63) is 54.0 Å². The van der Waals surface area contributed by atoms with Crippen LogP contribution in [0.15, 0.2) is 52.0 Å². The van der Waals surface area contributed by atoms with Gasteiger partial charge in [-0.2, -0.15) is 17.5 Å². The normalized spacial score (nSPS) is 23.3. The van der Waals surface area contributed by atoms with Crippen molar-refractivity contribution in [3.63, 3.8) is 0 Å². The lowest BCUT2D eigenvalue weighted by molar-refractivity contribution is -0.192. The molecule has 1 N–H and O–H groups in total. The quantitative estimate of drug-likeness (QED) is 0.661. The van der Waals surface area contributed by atoms with Crippen molar-refractivity contribution in [2.24, 2.45) is 11.8 Å². The molecule has 0 bridgehead atoms. The van der Waals surface area contributed by atoms with Crippen molar-refractivity contribution >= 4 is 16.0 Å². The zero-order valence-corrected chi connectivity index (χ0v) is 19.8. The van der Waals surface area contributed by atoms with Gasteiger partial charge in [-0.25, -0.2) is 13.2 Å². The van der Waals surface area contributed by atoms with E-state index in [1.54, 1.807) is 22.7 Å². The minimum absolute atomic E-state index is 0.387. The van der Waals surface area contributed by atoms with Crippen molar-refractivity contribution in [2.75, 3.05) is 20.1 Å². The van der Waals surface area contributed by atoms with E-state index in [0.717, 1.165) is 37.1 Å². The number of carbonyl (C=O) groups is 1. The van der Waals surface area contributed by atoms with Gasteiger partial charge in [-0.1, -0.05) is 18.6 Å². The van der Waals surface area contributed by atoms with Gasteiger partial charge in [0.05, 0.1) is 17.7 Å². The van der Waals surface area contributed by atoms with E-state index in [2.05, 4.69) is 11.9 Å². The van der Waals surface area contributed by atoms with Crippen LogP contribution in [0.25, 0.3) is 0 Å². The van der Waals surface area contributed by atoms with Gasteiger partial charge in [0.1, 0.15) is 5.76 Å². The van der Waals surface area contributed by atoms with Crippen molar-refractivity contribution in [1.82, 2.24) is 9.21 Å². The number of nitrogens with zero attached hydrogens (tertiary/aromatic N) is 2. The van der Waals surface area contributed by atoms with Crippen LogP contribution in [-0.4, -0.2) is 61.1 Å². The Morgan fingerprint density at radius 2 is 1.91 bits per heavy atom. The average Bonchev–Trinajstić information content (AvgIpc) is 3.43. The van der Waals surface area contributed by atoms with Gasteiger partial charge in [-0.15, -0.1) is 0 Å². The molecule has 2 fully saturated rings. The van der Waals surface area contributed by atoms with Gasteiger partial charge < -0.3 is 9.52 Å². The van der Waals surface area contributed by atoms with E-state index in [9.17, 15) is 21.6 Å². The number of furan rings is 1. The molecule has 188 valence electrons. The number of rotatable bonds is 5. The number of sulfonamides is 1. The number of carboxylic acid groups (broad SMARTS) is 1. The summed E-state index contributed by atoms with van der Waals surface area (Å²) in [5.41, 5.74) is 0.976. The zero-order chi connectivity index (χ0) is 25.1. The van der Waals surface area contributed by atoms with Gasteiger partial charge >= 0.3 is 12.1 Å². The van der Waals surface area contributed by atoms with Crippen LogP contribution in [-0.2, 0) is 21.4 Å². The number of aliphatic carboxylic acids is 1. The van der Waals surface area contributed by atoms with Crippen LogP contribution < -0.4 is 0 Å². The summed E-state index contributed by atoms with van der Waals surface area (Å²) in [4.78, 5) is 11.7.